The summed E-state index contributed by atoms with van der Waals surface area (Å²) < 4.78 is 6.08. The van der Waals surface area contributed by atoms with Crippen molar-refractivity contribution in [3.8, 4) is 5.88 Å². The molecule has 4 aromatic rings. The van der Waals surface area contributed by atoms with E-state index in [4.69, 9.17) is 9.72 Å². The maximum atomic E-state index is 6.08. The second kappa shape index (κ2) is 8.06. The van der Waals surface area contributed by atoms with Crippen LogP contribution in [-0.2, 0) is 19.5 Å². The van der Waals surface area contributed by atoms with E-state index in [1.807, 2.05) is 0 Å². The highest BCUT2D eigenvalue weighted by atomic mass is 16.5. The molecule has 0 spiro atoms. The molecule has 0 unspecified atom stereocenters. The lowest BCUT2D eigenvalue weighted by atomic mass is 10.0. The average Bonchev–Trinajstić information content (AvgIpc) is 2.95. The first-order valence-electron chi connectivity index (χ1n) is 10.2. The van der Waals surface area contributed by atoms with E-state index < -0.39 is 0 Å². The molecule has 0 N–H and O–H groups in total. The zero-order valence-electron chi connectivity index (χ0n) is 16.4. The highest BCUT2D eigenvalue weighted by molar-refractivity contribution is 5.83. The van der Waals surface area contributed by atoms with Crippen molar-refractivity contribution < 1.29 is 4.74 Å². The van der Waals surface area contributed by atoms with E-state index >= 15 is 0 Å². The normalized spacial score (nSPS) is 14.2. The molecule has 3 nitrogen and oxygen atoms in total. The SMILES string of the molecule is c1ccc(Cc2cccc3cc4c(nc23)OCCN(Cc2ccccc2)C4)cc1. The molecule has 0 bridgehead atoms. The molecule has 0 saturated carbocycles. The van der Waals surface area contributed by atoms with E-state index in [-0.39, 0.29) is 0 Å². The summed E-state index contributed by atoms with van der Waals surface area (Å²) >= 11 is 0. The van der Waals surface area contributed by atoms with Crippen LogP contribution in [-0.4, -0.2) is 23.0 Å². The lowest BCUT2D eigenvalue weighted by Crippen LogP contribution is -2.25. The number of nitrogens with zero attached hydrogens (tertiary/aromatic N) is 2. The van der Waals surface area contributed by atoms with Crippen LogP contribution in [0.3, 0.4) is 0 Å². The third-order valence-electron chi connectivity index (χ3n) is 5.50. The van der Waals surface area contributed by atoms with Crippen LogP contribution in [0.5, 0.6) is 5.88 Å². The van der Waals surface area contributed by atoms with E-state index in [1.54, 1.807) is 0 Å². The van der Waals surface area contributed by atoms with Gasteiger partial charge in [0.1, 0.15) is 6.61 Å². The number of hydrogen-bond acceptors (Lipinski definition) is 3. The highest BCUT2D eigenvalue weighted by Crippen LogP contribution is 2.29. The van der Waals surface area contributed by atoms with Crippen molar-refractivity contribution in [3.63, 3.8) is 0 Å². The average molecular weight is 380 g/mol. The van der Waals surface area contributed by atoms with Crippen LogP contribution >= 0.6 is 0 Å². The third kappa shape index (κ3) is 4.01. The number of rotatable bonds is 4. The predicted molar refractivity (Wildman–Crippen MR) is 117 cm³/mol. The van der Waals surface area contributed by atoms with Gasteiger partial charge >= 0.3 is 0 Å². The van der Waals surface area contributed by atoms with Gasteiger partial charge in [0.25, 0.3) is 0 Å². The zero-order chi connectivity index (χ0) is 19.5. The van der Waals surface area contributed by atoms with Crippen LogP contribution in [0.4, 0.5) is 0 Å². The van der Waals surface area contributed by atoms with Gasteiger partial charge in [-0.05, 0) is 29.2 Å². The lowest BCUT2D eigenvalue weighted by molar-refractivity contribution is 0.217. The third-order valence-corrected chi connectivity index (χ3v) is 5.50. The molecule has 0 amide bonds. The summed E-state index contributed by atoms with van der Waals surface area (Å²) in [7, 11) is 0. The van der Waals surface area contributed by atoms with Gasteiger partial charge in [-0.1, -0.05) is 78.9 Å². The largest absolute Gasteiger partial charge is 0.476 e. The first-order chi connectivity index (χ1) is 14.3. The van der Waals surface area contributed by atoms with Crippen molar-refractivity contribution in [1.29, 1.82) is 0 Å². The van der Waals surface area contributed by atoms with Crippen molar-refractivity contribution in [1.82, 2.24) is 9.88 Å². The molecular weight excluding hydrogens is 356 g/mol. The molecule has 3 aromatic carbocycles. The summed E-state index contributed by atoms with van der Waals surface area (Å²) in [4.78, 5) is 7.40. The molecule has 1 aliphatic rings. The summed E-state index contributed by atoms with van der Waals surface area (Å²) in [5.74, 6) is 0.786. The summed E-state index contributed by atoms with van der Waals surface area (Å²) in [6, 6.07) is 29.9. The van der Waals surface area contributed by atoms with Crippen molar-refractivity contribution >= 4 is 10.9 Å². The Labute approximate surface area is 171 Å². The molecule has 0 saturated heterocycles. The van der Waals surface area contributed by atoms with Crippen molar-refractivity contribution in [3.05, 3.63) is 107 Å². The Hall–Kier alpha value is -3.17. The fraction of sp³-hybridized carbons (Fsp3) is 0.192. The first-order valence-corrected chi connectivity index (χ1v) is 10.2. The highest BCUT2D eigenvalue weighted by Gasteiger charge is 2.18. The molecular formula is C26H24N2O. The Bertz CT molecular complexity index is 1110. The minimum Gasteiger partial charge on any atom is -0.476 e. The van der Waals surface area contributed by atoms with Gasteiger partial charge in [-0.15, -0.1) is 0 Å². The van der Waals surface area contributed by atoms with Gasteiger partial charge in [0, 0.05) is 30.6 Å². The molecule has 1 aromatic heterocycles. The van der Waals surface area contributed by atoms with Gasteiger partial charge in [0.2, 0.25) is 5.88 Å². The van der Waals surface area contributed by atoms with Crippen molar-refractivity contribution in [2.75, 3.05) is 13.2 Å². The second-order valence-electron chi connectivity index (χ2n) is 7.65. The lowest BCUT2D eigenvalue weighted by Gasteiger charge is -2.19. The Morgan fingerprint density at radius 3 is 2.38 bits per heavy atom. The van der Waals surface area contributed by atoms with E-state index in [9.17, 15) is 0 Å². The number of hydrogen-bond donors (Lipinski definition) is 0. The molecule has 0 atom stereocenters. The molecule has 3 heteroatoms. The molecule has 0 fully saturated rings. The number of aromatic nitrogens is 1. The van der Waals surface area contributed by atoms with Gasteiger partial charge in [0.05, 0.1) is 5.52 Å². The first kappa shape index (κ1) is 17.9. The smallest absolute Gasteiger partial charge is 0.218 e. The zero-order valence-corrected chi connectivity index (χ0v) is 16.4. The minimum absolute atomic E-state index is 0.666. The second-order valence-corrected chi connectivity index (χ2v) is 7.65. The van der Waals surface area contributed by atoms with Gasteiger partial charge in [-0.3, -0.25) is 4.90 Å². The van der Waals surface area contributed by atoms with Gasteiger partial charge in [0.15, 0.2) is 0 Å². The monoisotopic (exact) mass is 380 g/mol. The topological polar surface area (TPSA) is 25.4 Å². The Morgan fingerprint density at radius 1 is 0.828 bits per heavy atom. The number of pyridine rings is 1. The van der Waals surface area contributed by atoms with E-state index in [0.717, 1.165) is 37.5 Å². The van der Waals surface area contributed by atoms with Crippen LogP contribution in [0.25, 0.3) is 10.9 Å². The van der Waals surface area contributed by atoms with Crippen molar-refractivity contribution in [2.24, 2.45) is 0 Å². The molecule has 144 valence electrons. The fourth-order valence-corrected chi connectivity index (χ4v) is 4.05. The summed E-state index contributed by atoms with van der Waals surface area (Å²) in [6.45, 7) is 3.35. The van der Waals surface area contributed by atoms with Gasteiger partial charge in [-0.25, -0.2) is 4.98 Å². The standard InChI is InChI=1S/C26H24N2O/c1-3-8-20(9-4-1)16-22-12-7-13-23-17-24-19-28(18-21-10-5-2-6-11-21)14-15-29-26(24)27-25(22)23/h1-13,17H,14-16,18-19H2. The minimum atomic E-state index is 0.666. The van der Waals surface area contributed by atoms with Crippen LogP contribution in [0.2, 0.25) is 0 Å². The number of para-hydroxylation sites is 1. The van der Waals surface area contributed by atoms with Gasteiger partial charge in [-0.2, -0.15) is 0 Å². The van der Waals surface area contributed by atoms with Crippen LogP contribution in [0.1, 0.15) is 22.3 Å². The molecule has 0 aliphatic carbocycles. The Kier molecular flexibility index (Phi) is 4.97. The Morgan fingerprint density at radius 2 is 1.59 bits per heavy atom. The van der Waals surface area contributed by atoms with E-state index in [0.29, 0.717) is 6.61 Å². The number of benzene rings is 3. The summed E-state index contributed by atoms with van der Waals surface area (Å²) in [6.07, 6.45) is 0.879. The fourth-order valence-electron chi connectivity index (χ4n) is 4.05. The van der Waals surface area contributed by atoms with Crippen molar-refractivity contribution in [2.45, 2.75) is 19.5 Å². The van der Waals surface area contributed by atoms with Crippen LogP contribution in [0.15, 0.2) is 84.9 Å². The number of ether oxygens (including phenoxy) is 1. The van der Waals surface area contributed by atoms with Crippen LogP contribution in [0, 0.1) is 0 Å². The quantitative estimate of drug-likeness (QED) is 0.485. The maximum absolute atomic E-state index is 6.08. The molecule has 5 rings (SSSR count). The van der Waals surface area contributed by atoms with Gasteiger partial charge < -0.3 is 4.74 Å². The maximum Gasteiger partial charge on any atom is 0.218 e. The molecule has 29 heavy (non-hydrogen) atoms. The van der Waals surface area contributed by atoms with E-state index in [1.165, 1.54) is 27.6 Å². The molecule has 2 heterocycles. The predicted octanol–water partition coefficient (Wildman–Crippen LogP) is 5.22. The molecule has 0 radical (unpaired) electrons. The molecule has 1 aliphatic heterocycles. The number of fused-ring (bicyclic) bond motifs is 2. The van der Waals surface area contributed by atoms with E-state index in [2.05, 4.69) is 89.8 Å². The summed E-state index contributed by atoms with van der Waals surface area (Å²) in [5, 5.41) is 1.18. The Balaban J connectivity index is 1.45. The summed E-state index contributed by atoms with van der Waals surface area (Å²) in [5.41, 5.74) is 6.08. The van der Waals surface area contributed by atoms with Crippen LogP contribution < -0.4 is 4.74 Å².